The summed E-state index contributed by atoms with van der Waals surface area (Å²) in [5.74, 6) is -0.207. The minimum Gasteiger partial charge on any atom is -0.465 e. The first kappa shape index (κ1) is 25.4. The van der Waals surface area contributed by atoms with Crippen LogP contribution in [0, 0.1) is 0 Å². The maximum absolute atomic E-state index is 12.8. The lowest BCUT2D eigenvalue weighted by Gasteiger charge is -2.35. The van der Waals surface area contributed by atoms with Crippen LogP contribution in [0.15, 0.2) is 29.2 Å². The normalized spacial score (nSPS) is 19.9. The number of carbonyl (C=O) groups is 3. The molecule has 33 heavy (non-hydrogen) atoms. The minimum absolute atomic E-state index is 0.0859. The number of esters is 1. The molecule has 0 spiro atoms. The first-order valence-electron chi connectivity index (χ1n) is 11.7. The van der Waals surface area contributed by atoms with E-state index >= 15 is 0 Å². The van der Waals surface area contributed by atoms with E-state index in [9.17, 15) is 14.4 Å². The van der Waals surface area contributed by atoms with Crippen molar-refractivity contribution in [2.75, 3.05) is 20.2 Å². The first-order valence-corrected chi connectivity index (χ1v) is 12.9. The van der Waals surface area contributed by atoms with Crippen LogP contribution in [0.1, 0.15) is 74.2 Å². The maximum Gasteiger partial charge on any atom is 0.337 e. The van der Waals surface area contributed by atoms with Crippen LogP contribution in [-0.2, 0) is 14.3 Å². The summed E-state index contributed by atoms with van der Waals surface area (Å²) in [6.45, 7) is 3.62. The van der Waals surface area contributed by atoms with Crippen molar-refractivity contribution in [2.24, 2.45) is 0 Å². The molecule has 2 aliphatic heterocycles. The van der Waals surface area contributed by atoms with Gasteiger partial charge < -0.3 is 9.64 Å². The zero-order valence-electron chi connectivity index (χ0n) is 19.4. The van der Waals surface area contributed by atoms with Crippen LogP contribution in [-0.4, -0.2) is 58.1 Å². The van der Waals surface area contributed by atoms with Crippen molar-refractivity contribution >= 4 is 52.2 Å². The van der Waals surface area contributed by atoms with Gasteiger partial charge in [-0.2, -0.15) is 0 Å². The second-order valence-electron chi connectivity index (χ2n) is 8.40. The molecule has 0 radical (unpaired) electrons. The van der Waals surface area contributed by atoms with E-state index < -0.39 is 5.97 Å². The average molecular weight is 489 g/mol. The topological polar surface area (TPSA) is 66.9 Å². The summed E-state index contributed by atoms with van der Waals surface area (Å²) in [7, 11) is 1.34. The summed E-state index contributed by atoms with van der Waals surface area (Å²) in [6, 6.07) is 7.31. The smallest absolute Gasteiger partial charge is 0.337 e. The van der Waals surface area contributed by atoms with E-state index in [0.717, 1.165) is 50.6 Å². The fraction of sp³-hybridized carbons (Fsp3) is 0.520. The van der Waals surface area contributed by atoms with Crippen molar-refractivity contribution in [2.45, 2.75) is 64.3 Å². The van der Waals surface area contributed by atoms with Gasteiger partial charge in [-0.05, 0) is 62.3 Å². The van der Waals surface area contributed by atoms with Crippen LogP contribution < -0.4 is 0 Å². The van der Waals surface area contributed by atoms with Gasteiger partial charge in [-0.25, -0.2) is 4.79 Å². The minimum atomic E-state index is -0.393. The average Bonchev–Trinajstić information content (AvgIpc) is 3.10. The monoisotopic (exact) mass is 488 g/mol. The number of benzene rings is 1. The molecular weight excluding hydrogens is 456 g/mol. The lowest BCUT2D eigenvalue weighted by Crippen LogP contribution is -2.43. The third-order valence-electron chi connectivity index (χ3n) is 6.19. The molecule has 0 bridgehead atoms. The molecule has 2 heterocycles. The largest absolute Gasteiger partial charge is 0.465 e. The van der Waals surface area contributed by atoms with Gasteiger partial charge in [0, 0.05) is 25.6 Å². The molecule has 1 atom stereocenters. The quantitative estimate of drug-likeness (QED) is 0.210. The van der Waals surface area contributed by atoms with Gasteiger partial charge in [-0.1, -0.05) is 49.5 Å². The van der Waals surface area contributed by atoms with Crippen molar-refractivity contribution in [3.05, 3.63) is 40.3 Å². The molecule has 2 amide bonds. The van der Waals surface area contributed by atoms with Crippen LogP contribution in [0.5, 0.6) is 0 Å². The van der Waals surface area contributed by atoms with E-state index in [4.69, 9.17) is 17.0 Å². The Bertz CT molecular complexity index is 913. The molecule has 2 aliphatic rings. The van der Waals surface area contributed by atoms with E-state index in [2.05, 4.69) is 11.8 Å². The summed E-state index contributed by atoms with van der Waals surface area (Å²) in [4.78, 5) is 41.3. The number of thiocarbonyl (C=S) groups is 1. The number of likely N-dealkylation sites (tertiary alicyclic amines) is 1. The third kappa shape index (κ3) is 6.67. The molecule has 1 aromatic carbocycles. The Morgan fingerprint density at radius 3 is 2.64 bits per heavy atom. The Morgan fingerprint density at radius 1 is 1.18 bits per heavy atom. The summed E-state index contributed by atoms with van der Waals surface area (Å²) < 4.78 is 5.27. The molecule has 0 saturated carbocycles. The number of thioether (sulfide) groups is 1. The van der Waals surface area contributed by atoms with Crippen molar-refractivity contribution < 1.29 is 19.1 Å². The third-order valence-corrected chi connectivity index (χ3v) is 7.57. The number of methoxy groups -OCH3 is 1. The van der Waals surface area contributed by atoms with Crippen LogP contribution in [0.3, 0.4) is 0 Å². The van der Waals surface area contributed by atoms with E-state index in [1.54, 1.807) is 35.2 Å². The summed E-state index contributed by atoms with van der Waals surface area (Å²) in [5.41, 5.74) is 1.29. The van der Waals surface area contributed by atoms with Crippen molar-refractivity contribution in [1.82, 2.24) is 9.80 Å². The molecule has 8 heteroatoms. The number of rotatable bonds is 9. The maximum atomic E-state index is 12.8. The molecule has 0 N–H and O–H groups in total. The van der Waals surface area contributed by atoms with E-state index in [-0.39, 0.29) is 11.8 Å². The Labute approximate surface area is 205 Å². The van der Waals surface area contributed by atoms with E-state index in [0.29, 0.717) is 33.8 Å². The second-order valence-corrected chi connectivity index (χ2v) is 10.1. The highest BCUT2D eigenvalue weighted by Gasteiger charge is 2.31. The number of ether oxygens (including phenoxy) is 1. The van der Waals surface area contributed by atoms with Crippen molar-refractivity contribution in [3.8, 4) is 0 Å². The van der Waals surface area contributed by atoms with Gasteiger partial charge >= 0.3 is 5.97 Å². The fourth-order valence-electron chi connectivity index (χ4n) is 4.30. The Hall–Kier alpha value is -2.19. The SMILES string of the molecule is CCC1CCCCN1C(=O)CCCCCN1C(=O)/C(=C/c2ccc(C(=O)OC)cc2)SC1=S. The highest BCUT2D eigenvalue weighted by Crippen LogP contribution is 2.33. The van der Waals surface area contributed by atoms with Crippen molar-refractivity contribution in [1.29, 1.82) is 0 Å². The summed E-state index contributed by atoms with van der Waals surface area (Å²) >= 11 is 6.72. The number of hydrogen-bond acceptors (Lipinski definition) is 6. The number of piperidine rings is 1. The molecule has 6 nitrogen and oxygen atoms in total. The number of nitrogens with zero attached hydrogens (tertiary/aromatic N) is 2. The Kier molecular flexibility index (Phi) is 9.50. The zero-order valence-corrected chi connectivity index (χ0v) is 21.0. The number of amides is 2. The lowest BCUT2D eigenvalue weighted by atomic mass is 9.99. The molecule has 0 aliphatic carbocycles. The highest BCUT2D eigenvalue weighted by molar-refractivity contribution is 8.26. The van der Waals surface area contributed by atoms with Crippen molar-refractivity contribution in [3.63, 3.8) is 0 Å². The van der Waals surface area contributed by atoms with Gasteiger partial charge in [0.05, 0.1) is 17.6 Å². The summed E-state index contributed by atoms with van der Waals surface area (Å²) in [5, 5.41) is 0. The molecule has 2 fully saturated rings. The van der Waals surface area contributed by atoms with Gasteiger partial charge in [0.25, 0.3) is 5.91 Å². The molecule has 178 valence electrons. The van der Waals surface area contributed by atoms with Crippen LogP contribution in [0.25, 0.3) is 6.08 Å². The predicted molar refractivity (Wildman–Crippen MR) is 136 cm³/mol. The van der Waals surface area contributed by atoms with Crippen LogP contribution in [0.2, 0.25) is 0 Å². The van der Waals surface area contributed by atoms with Gasteiger partial charge in [-0.15, -0.1) is 0 Å². The lowest BCUT2D eigenvalue weighted by molar-refractivity contribution is -0.135. The molecule has 0 aromatic heterocycles. The van der Waals surface area contributed by atoms with E-state index in [1.165, 1.54) is 25.3 Å². The Morgan fingerprint density at radius 2 is 1.94 bits per heavy atom. The number of unbranched alkanes of at least 4 members (excludes halogenated alkanes) is 2. The Balaban J connectivity index is 1.45. The standard InChI is InChI=1S/C25H32N2O4S2/c1-3-20-9-6-8-15-26(20)22(28)10-5-4-7-16-27-23(29)21(33-25(27)32)17-18-11-13-19(14-12-18)24(30)31-2/h11-14,17,20H,3-10,15-16H2,1-2H3/b21-17-. The fourth-order valence-corrected chi connectivity index (χ4v) is 5.61. The molecular formula is C25H32N2O4S2. The summed E-state index contributed by atoms with van der Waals surface area (Å²) in [6.07, 6.45) is 9.41. The van der Waals surface area contributed by atoms with E-state index in [1.807, 2.05) is 0 Å². The number of carbonyl (C=O) groups excluding carboxylic acids is 3. The highest BCUT2D eigenvalue weighted by atomic mass is 32.2. The van der Waals surface area contributed by atoms with Crippen LogP contribution in [0.4, 0.5) is 0 Å². The number of hydrogen-bond donors (Lipinski definition) is 0. The van der Waals surface area contributed by atoms with Gasteiger partial charge in [-0.3, -0.25) is 14.5 Å². The molecule has 1 aromatic rings. The van der Waals surface area contributed by atoms with Gasteiger partial charge in [0.1, 0.15) is 4.32 Å². The second kappa shape index (κ2) is 12.3. The first-order chi connectivity index (χ1) is 15.9. The predicted octanol–water partition coefficient (Wildman–Crippen LogP) is 5.03. The molecule has 1 unspecified atom stereocenters. The van der Waals surface area contributed by atoms with Crippen LogP contribution >= 0.6 is 24.0 Å². The molecule has 3 rings (SSSR count). The molecule has 2 saturated heterocycles. The van der Waals surface area contributed by atoms with Gasteiger partial charge in [0.2, 0.25) is 5.91 Å². The zero-order chi connectivity index (χ0) is 23.8. The van der Waals surface area contributed by atoms with Gasteiger partial charge in [0.15, 0.2) is 0 Å².